The number of hydrogen-bond donors (Lipinski definition) is 2. The van der Waals surface area contributed by atoms with E-state index in [0.717, 1.165) is 31.5 Å². The van der Waals surface area contributed by atoms with Crippen molar-refractivity contribution in [1.29, 1.82) is 0 Å². The number of nitrogens with zero attached hydrogens (tertiary/aromatic N) is 1. The summed E-state index contributed by atoms with van der Waals surface area (Å²) in [5, 5.41) is 3.06. The monoisotopic (exact) mass is 455 g/mol. The van der Waals surface area contributed by atoms with Gasteiger partial charge in [-0.15, -0.1) is 0 Å². The van der Waals surface area contributed by atoms with Crippen LogP contribution in [0.3, 0.4) is 0 Å². The Morgan fingerprint density at radius 3 is 2.52 bits per heavy atom. The Bertz CT molecular complexity index is 805. The van der Waals surface area contributed by atoms with Crippen LogP contribution in [0.1, 0.15) is 42.6 Å². The lowest BCUT2D eigenvalue weighted by Gasteiger charge is -2.38. The molecular formula is C22H37N3O5S. The number of benzene rings is 1. The first-order chi connectivity index (χ1) is 14.8. The Morgan fingerprint density at radius 2 is 1.90 bits per heavy atom. The summed E-state index contributed by atoms with van der Waals surface area (Å²) in [5.74, 6) is 0.215. The molecule has 31 heavy (non-hydrogen) atoms. The van der Waals surface area contributed by atoms with E-state index >= 15 is 0 Å². The number of carbonyl (C=O) groups excluding carboxylic acids is 1. The average Bonchev–Trinajstić information content (AvgIpc) is 2.77. The zero-order valence-electron chi connectivity index (χ0n) is 19.1. The van der Waals surface area contributed by atoms with Crippen LogP contribution in [-0.4, -0.2) is 78.4 Å². The number of morpholine rings is 1. The normalized spacial score (nSPS) is 16.4. The third-order valence-corrected chi connectivity index (χ3v) is 7.40. The summed E-state index contributed by atoms with van der Waals surface area (Å²) in [5.41, 5.74) is 1.11. The van der Waals surface area contributed by atoms with Crippen LogP contribution in [0.4, 0.5) is 0 Å². The van der Waals surface area contributed by atoms with Gasteiger partial charge in [0.2, 0.25) is 10.0 Å². The molecule has 1 fully saturated rings. The highest BCUT2D eigenvalue weighted by molar-refractivity contribution is 7.89. The average molecular weight is 456 g/mol. The number of carbonyl (C=O) groups is 1. The molecule has 1 aromatic rings. The number of rotatable bonds is 12. The summed E-state index contributed by atoms with van der Waals surface area (Å²) in [6, 6.07) is 4.86. The molecule has 2 rings (SSSR count). The number of hydrogen-bond acceptors (Lipinski definition) is 6. The molecule has 1 aliphatic heterocycles. The zero-order chi connectivity index (χ0) is 22.9. The highest BCUT2D eigenvalue weighted by atomic mass is 32.2. The SMILES string of the molecule is CCC(CC)C(CNC(=O)c1cc(S(=O)(=O)NCCOC)ccc1C)N1CCOCC1. The van der Waals surface area contributed by atoms with E-state index < -0.39 is 10.0 Å². The standard InChI is InChI=1S/C22H37N3O5S/c1-5-18(6-2)21(25-10-13-30-14-11-25)16-23-22(26)20-15-19(8-7-17(20)3)31(27,28)24-9-12-29-4/h7-8,15,18,21,24H,5-6,9-14,16H2,1-4H3,(H,23,26). The topological polar surface area (TPSA) is 97.0 Å². The van der Waals surface area contributed by atoms with Crippen LogP contribution in [0, 0.1) is 12.8 Å². The number of amides is 1. The summed E-state index contributed by atoms with van der Waals surface area (Å²) in [6.07, 6.45) is 2.07. The fourth-order valence-electron chi connectivity index (χ4n) is 4.00. The Kier molecular flexibility index (Phi) is 10.4. The minimum Gasteiger partial charge on any atom is -0.383 e. The molecular weight excluding hydrogens is 418 g/mol. The highest BCUT2D eigenvalue weighted by Gasteiger charge is 2.27. The molecule has 9 heteroatoms. The Morgan fingerprint density at radius 1 is 1.23 bits per heavy atom. The summed E-state index contributed by atoms with van der Waals surface area (Å²) in [7, 11) is -2.20. The van der Waals surface area contributed by atoms with Crippen LogP contribution in [0.25, 0.3) is 0 Å². The van der Waals surface area contributed by atoms with Crippen molar-refractivity contribution in [2.75, 3.05) is 53.1 Å². The largest absolute Gasteiger partial charge is 0.383 e. The lowest BCUT2D eigenvalue weighted by Crippen LogP contribution is -2.52. The maximum Gasteiger partial charge on any atom is 0.251 e. The molecule has 176 valence electrons. The second-order valence-corrected chi connectivity index (χ2v) is 9.64. The molecule has 0 saturated carbocycles. The van der Waals surface area contributed by atoms with E-state index in [-0.39, 0.29) is 30.0 Å². The van der Waals surface area contributed by atoms with Crippen LogP contribution in [0.5, 0.6) is 0 Å². The second-order valence-electron chi connectivity index (χ2n) is 7.87. The van der Waals surface area contributed by atoms with Gasteiger partial charge in [-0.1, -0.05) is 32.8 Å². The van der Waals surface area contributed by atoms with Gasteiger partial charge in [0.05, 0.1) is 24.7 Å². The predicted octanol–water partition coefficient (Wildman–Crippen LogP) is 1.79. The van der Waals surface area contributed by atoms with E-state index in [1.165, 1.54) is 19.2 Å². The number of aryl methyl sites for hydroxylation is 1. The quantitative estimate of drug-likeness (QED) is 0.467. The second kappa shape index (κ2) is 12.5. The summed E-state index contributed by atoms with van der Waals surface area (Å²) in [4.78, 5) is 15.5. The van der Waals surface area contributed by atoms with Crippen LogP contribution in [-0.2, 0) is 19.5 Å². The molecule has 1 heterocycles. The highest BCUT2D eigenvalue weighted by Crippen LogP contribution is 2.20. The summed E-state index contributed by atoms with van der Waals surface area (Å²) < 4.78 is 37.9. The molecule has 0 aliphatic carbocycles. The van der Waals surface area contributed by atoms with Crippen molar-refractivity contribution in [2.24, 2.45) is 5.92 Å². The van der Waals surface area contributed by atoms with Crippen molar-refractivity contribution in [3.63, 3.8) is 0 Å². The minimum absolute atomic E-state index is 0.0732. The number of methoxy groups -OCH3 is 1. The molecule has 0 spiro atoms. The molecule has 0 radical (unpaired) electrons. The summed E-state index contributed by atoms with van der Waals surface area (Å²) >= 11 is 0. The van der Waals surface area contributed by atoms with Gasteiger partial charge < -0.3 is 14.8 Å². The van der Waals surface area contributed by atoms with Crippen LogP contribution < -0.4 is 10.0 Å². The first-order valence-electron chi connectivity index (χ1n) is 11.0. The van der Waals surface area contributed by atoms with Gasteiger partial charge in [-0.2, -0.15) is 0 Å². The maximum absolute atomic E-state index is 13.0. The van der Waals surface area contributed by atoms with Crippen molar-refractivity contribution >= 4 is 15.9 Å². The molecule has 1 amide bonds. The fraction of sp³-hybridized carbons (Fsp3) is 0.682. The Balaban J connectivity index is 2.14. The van der Waals surface area contributed by atoms with Crippen molar-refractivity contribution in [2.45, 2.75) is 44.6 Å². The van der Waals surface area contributed by atoms with Crippen molar-refractivity contribution in [3.05, 3.63) is 29.3 Å². The third kappa shape index (κ3) is 7.25. The molecule has 1 saturated heterocycles. The molecule has 1 atom stereocenters. The lowest BCUT2D eigenvalue weighted by molar-refractivity contribution is 0.00191. The first-order valence-corrected chi connectivity index (χ1v) is 12.5. The fourth-order valence-corrected chi connectivity index (χ4v) is 5.04. The van der Waals surface area contributed by atoms with Gasteiger partial charge in [-0.25, -0.2) is 13.1 Å². The van der Waals surface area contributed by atoms with Crippen LogP contribution in [0.2, 0.25) is 0 Å². The molecule has 8 nitrogen and oxygen atoms in total. The smallest absolute Gasteiger partial charge is 0.251 e. The van der Waals surface area contributed by atoms with Crippen LogP contribution >= 0.6 is 0 Å². The summed E-state index contributed by atoms with van der Waals surface area (Å²) in [6.45, 7) is 10.3. The molecule has 2 N–H and O–H groups in total. The van der Waals surface area contributed by atoms with Gasteiger partial charge in [0.1, 0.15) is 0 Å². The van der Waals surface area contributed by atoms with Gasteiger partial charge in [-0.3, -0.25) is 9.69 Å². The van der Waals surface area contributed by atoms with Crippen molar-refractivity contribution < 1.29 is 22.7 Å². The van der Waals surface area contributed by atoms with Gasteiger partial charge in [-0.05, 0) is 30.5 Å². The Labute approximate surface area is 186 Å². The van der Waals surface area contributed by atoms with Gasteiger partial charge in [0, 0.05) is 44.9 Å². The predicted molar refractivity (Wildman–Crippen MR) is 121 cm³/mol. The maximum atomic E-state index is 13.0. The van der Waals surface area contributed by atoms with Crippen molar-refractivity contribution in [1.82, 2.24) is 14.9 Å². The lowest BCUT2D eigenvalue weighted by atomic mass is 9.92. The Hall–Kier alpha value is -1.52. The van der Waals surface area contributed by atoms with E-state index in [2.05, 4.69) is 28.8 Å². The van der Waals surface area contributed by atoms with Gasteiger partial charge >= 0.3 is 0 Å². The minimum atomic E-state index is -3.71. The first kappa shape index (κ1) is 25.7. The number of ether oxygens (including phenoxy) is 2. The van der Waals surface area contributed by atoms with E-state index in [9.17, 15) is 13.2 Å². The molecule has 1 unspecified atom stereocenters. The van der Waals surface area contributed by atoms with Crippen LogP contribution in [0.15, 0.2) is 23.1 Å². The zero-order valence-corrected chi connectivity index (χ0v) is 20.0. The molecule has 0 bridgehead atoms. The number of nitrogens with one attached hydrogen (secondary N) is 2. The molecule has 1 aliphatic rings. The van der Waals surface area contributed by atoms with E-state index in [0.29, 0.717) is 31.2 Å². The van der Waals surface area contributed by atoms with Gasteiger partial charge in [0.15, 0.2) is 0 Å². The van der Waals surface area contributed by atoms with E-state index in [1.54, 1.807) is 6.07 Å². The third-order valence-electron chi connectivity index (χ3n) is 5.94. The van der Waals surface area contributed by atoms with E-state index in [4.69, 9.17) is 9.47 Å². The molecule has 0 aromatic heterocycles. The van der Waals surface area contributed by atoms with Crippen molar-refractivity contribution in [3.8, 4) is 0 Å². The van der Waals surface area contributed by atoms with E-state index in [1.807, 2.05) is 6.92 Å². The van der Waals surface area contributed by atoms with Gasteiger partial charge in [0.25, 0.3) is 5.91 Å². The molecule has 1 aromatic carbocycles. The number of sulfonamides is 1.